The number of benzene rings is 1. The summed E-state index contributed by atoms with van der Waals surface area (Å²) < 4.78 is 37.5. The van der Waals surface area contributed by atoms with Crippen molar-refractivity contribution in [2.45, 2.75) is 45.1 Å². The lowest BCUT2D eigenvalue weighted by molar-refractivity contribution is -0.137. The van der Waals surface area contributed by atoms with Crippen LogP contribution in [0.3, 0.4) is 0 Å². The normalized spacial score (nSPS) is 17.3. The van der Waals surface area contributed by atoms with Crippen LogP contribution in [0, 0.1) is 6.92 Å². The van der Waals surface area contributed by atoms with E-state index in [0.717, 1.165) is 12.1 Å². The van der Waals surface area contributed by atoms with Crippen molar-refractivity contribution in [2.24, 2.45) is 0 Å². The first-order valence-electron chi connectivity index (χ1n) is 5.67. The van der Waals surface area contributed by atoms with E-state index in [4.69, 9.17) is 0 Å². The molecule has 2 atom stereocenters. The minimum atomic E-state index is -4.40. The fourth-order valence-electron chi connectivity index (χ4n) is 1.69. The highest BCUT2D eigenvalue weighted by Gasteiger charge is 2.34. The molecule has 0 heterocycles. The third-order valence-electron chi connectivity index (χ3n) is 3.20. The van der Waals surface area contributed by atoms with Gasteiger partial charge in [0.2, 0.25) is 0 Å². The first kappa shape index (κ1) is 15.0. The molecule has 0 fully saturated rings. The van der Waals surface area contributed by atoms with Gasteiger partial charge in [-0.05, 0) is 43.5 Å². The predicted molar refractivity (Wildman–Crippen MR) is 62.1 cm³/mol. The minimum absolute atomic E-state index is 0.300. The molecule has 0 spiro atoms. The second-order valence-electron chi connectivity index (χ2n) is 4.68. The minimum Gasteiger partial charge on any atom is -0.387 e. The summed E-state index contributed by atoms with van der Waals surface area (Å²) in [6.07, 6.45) is -5.30. The predicted octanol–water partition coefficient (Wildman–Crippen LogP) is 3.21. The van der Waals surface area contributed by atoms with E-state index in [2.05, 4.69) is 0 Å². The summed E-state index contributed by atoms with van der Waals surface area (Å²) in [6.45, 7) is 4.64. The van der Waals surface area contributed by atoms with Gasteiger partial charge in [0.1, 0.15) is 6.10 Å². The lowest BCUT2D eigenvalue weighted by atomic mass is 9.88. The molecule has 2 unspecified atom stereocenters. The molecular weight excluding hydrogens is 245 g/mol. The van der Waals surface area contributed by atoms with Gasteiger partial charge in [0.25, 0.3) is 0 Å². The molecule has 2 nitrogen and oxygen atoms in total. The van der Waals surface area contributed by atoms with Crippen molar-refractivity contribution in [3.63, 3.8) is 0 Å². The van der Waals surface area contributed by atoms with Crippen molar-refractivity contribution in [3.05, 3.63) is 34.9 Å². The van der Waals surface area contributed by atoms with Crippen molar-refractivity contribution >= 4 is 0 Å². The summed E-state index contributed by atoms with van der Waals surface area (Å²) in [5.41, 5.74) is -1.49. The van der Waals surface area contributed by atoms with E-state index in [1.807, 2.05) is 0 Å². The lowest BCUT2D eigenvalue weighted by Crippen LogP contribution is -2.32. The molecule has 2 N–H and O–H groups in total. The maximum Gasteiger partial charge on any atom is 0.416 e. The van der Waals surface area contributed by atoms with Gasteiger partial charge in [-0.2, -0.15) is 13.2 Å². The second kappa shape index (κ2) is 4.90. The molecule has 0 aliphatic carbocycles. The van der Waals surface area contributed by atoms with Crippen molar-refractivity contribution in [1.29, 1.82) is 0 Å². The van der Waals surface area contributed by atoms with Gasteiger partial charge in [0.15, 0.2) is 0 Å². The zero-order valence-corrected chi connectivity index (χ0v) is 10.5. The van der Waals surface area contributed by atoms with Gasteiger partial charge in [-0.15, -0.1) is 0 Å². The van der Waals surface area contributed by atoms with Crippen LogP contribution >= 0.6 is 0 Å². The van der Waals surface area contributed by atoms with E-state index >= 15 is 0 Å². The average Bonchev–Trinajstić information content (AvgIpc) is 2.26. The smallest absolute Gasteiger partial charge is 0.387 e. The molecule has 0 radical (unpaired) electrons. The Morgan fingerprint density at radius 3 is 2.22 bits per heavy atom. The van der Waals surface area contributed by atoms with Gasteiger partial charge in [-0.25, -0.2) is 0 Å². The van der Waals surface area contributed by atoms with Gasteiger partial charge in [0, 0.05) is 0 Å². The number of hydrogen-bond acceptors (Lipinski definition) is 2. The van der Waals surface area contributed by atoms with E-state index in [0.29, 0.717) is 17.5 Å². The molecule has 0 amide bonds. The number of alkyl halides is 3. The molecule has 0 saturated heterocycles. The highest BCUT2D eigenvalue weighted by molar-refractivity contribution is 5.35. The number of aliphatic hydroxyl groups excluding tert-OH is 1. The van der Waals surface area contributed by atoms with Crippen molar-refractivity contribution in [1.82, 2.24) is 0 Å². The first-order valence-corrected chi connectivity index (χ1v) is 5.67. The molecule has 0 bridgehead atoms. The molecule has 18 heavy (non-hydrogen) atoms. The Hall–Kier alpha value is -1.07. The van der Waals surface area contributed by atoms with Crippen LogP contribution in [-0.2, 0) is 6.18 Å². The van der Waals surface area contributed by atoms with Crippen molar-refractivity contribution in [3.8, 4) is 0 Å². The van der Waals surface area contributed by atoms with E-state index in [1.54, 1.807) is 6.92 Å². The van der Waals surface area contributed by atoms with E-state index < -0.39 is 23.4 Å². The number of rotatable bonds is 3. The van der Waals surface area contributed by atoms with Gasteiger partial charge in [0.05, 0.1) is 11.2 Å². The maximum atomic E-state index is 12.5. The Balaban J connectivity index is 3.14. The molecule has 1 aromatic rings. The Kier molecular flexibility index (Phi) is 4.08. The van der Waals surface area contributed by atoms with Crippen molar-refractivity contribution in [2.75, 3.05) is 0 Å². The fourth-order valence-corrected chi connectivity index (χ4v) is 1.69. The van der Waals surface area contributed by atoms with Crippen molar-refractivity contribution < 1.29 is 23.4 Å². The van der Waals surface area contributed by atoms with Gasteiger partial charge in [-0.3, -0.25) is 0 Å². The summed E-state index contributed by atoms with van der Waals surface area (Å²) >= 11 is 0. The Morgan fingerprint density at radius 1 is 1.28 bits per heavy atom. The van der Waals surface area contributed by atoms with Gasteiger partial charge in [-0.1, -0.05) is 13.0 Å². The molecule has 0 aliphatic heterocycles. The van der Waals surface area contributed by atoms with Gasteiger partial charge < -0.3 is 10.2 Å². The van der Waals surface area contributed by atoms with E-state index in [-0.39, 0.29) is 0 Å². The molecule has 0 saturated carbocycles. The van der Waals surface area contributed by atoms with Crippen LogP contribution in [0.5, 0.6) is 0 Å². The molecule has 0 aromatic heterocycles. The number of halogens is 3. The average molecular weight is 262 g/mol. The number of aliphatic hydroxyl groups is 2. The maximum absolute atomic E-state index is 12.5. The molecule has 5 heteroatoms. The highest BCUT2D eigenvalue weighted by Crippen LogP contribution is 2.34. The van der Waals surface area contributed by atoms with E-state index in [1.165, 1.54) is 19.9 Å². The summed E-state index contributed by atoms with van der Waals surface area (Å²) in [4.78, 5) is 0. The topological polar surface area (TPSA) is 40.5 Å². The Morgan fingerprint density at radius 2 is 1.83 bits per heavy atom. The third kappa shape index (κ3) is 3.03. The SMILES string of the molecule is CCC(C)(O)C(O)c1ccc(C(F)(F)F)cc1C. The summed E-state index contributed by atoms with van der Waals surface area (Å²) in [6, 6.07) is 3.11. The number of hydrogen-bond donors (Lipinski definition) is 2. The van der Waals surface area contributed by atoms with Gasteiger partial charge >= 0.3 is 6.18 Å². The zero-order chi connectivity index (χ0) is 14.1. The zero-order valence-electron chi connectivity index (χ0n) is 10.5. The third-order valence-corrected chi connectivity index (χ3v) is 3.20. The van der Waals surface area contributed by atoms with Crippen LogP contribution in [0.4, 0.5) is 13.2 Å². The second-order valence-corrected chi connectivity index (χ2v) is 4.68. The monoisotopic (exact) mass is 262 g/mol. The van der Waals surface area contributed by atoms with Crippen LogP contribution < -0.4 is 0 Å². The first-order chi connectivity index (χ1) is 8.09. The molecule has 0 aliphatic rings. The van der Waals surface area contributed by atoms with Crippen LogP contribution in [0.15, 0.2) is 18.2 Å². The number of aryl methyl sites for hydroxylation is 1. The molecule has 1 rings (SSSR count). The quantitative estimate of drug-likeness (QED) is 0.878. The summed E-state index contributed by atoms with van der Waals surface area (Å²) in [7, 11) is 0. The standard InChI is InChI=1S/C13H17F3O2/c1-4-12(3,18)11(17)10-6-5-9(7-8(10)2)13(14,15)16/h5-7,11,17-18H,4H2,1-3H3. The molecule has 102 valence electrons. The van der Waals surface area contributed by atoms with Crippen LogP contribution in [0.25, 0.3) is 0 Å². The summed E-state index contributed by atoms with van der Waals surface area (Å²) in [5.74, 6) is 0. The van der Waals surface area contributed by atoms with Crippen LogP contribution in [0.1, 0.15) is 43.1 Å². The Bertz CT molecular complexity index is 425. The highest BCUT2D eigenvalue weighted by atomic mass is 19.4. The molecule has 1 aromatic carbocycles. The molecular formula is C13H17F3O2. The Labute approximate surface area is 104 Å². The van der Waals surface area contributed by atoms with Crippen LogP contribution in [-0.4, -0.2) is 15.8 Å². The largest absolute Gasteiger partial charge is 0.416 e. The summed E-state index contributed by atoms with van der Waals surface area (Å²) in [5, 5.41) is 19.9. The fraction of sp³-hybridized carbons (Fsp3) is 0.538. The lowest BCUT2D eigenvalue weighted by Gasteiger charge is -2.29. The van der Waals surface area contributed by atoms with E-state index in [9.17, 15) is 23.4 Å². The van der Waals surface area contributed by atoms with Crippen LogP contribution in [0.2, 0.25) is 0 Å².